The summed E-state index contributed by atoms with van der Waals surface area (Å²) in [6.45, 7) is 0. The molecule has 3 atom stereocenters. The Morgan fingerprint density at radius 2 is 1.67 bits per heavy atom. The molecule has 6 nitrogen and oxygen atoms in total. The largest absolute Gasteiger partial charge is 0.335 e. The molecule has 0 bridgehead atoms. The van der Waals surface area contributed by atoms with Crippen LogP contribution in [-0.4, -0.2) is 20.5 Å². The number of amides is 2. The third kappa shape index (κ3) is 4.27. The van der Waals surface area contributed by atoms with Gasteiger partial charge in [-0.25, -0.2) is 18.4 Å². The van der Waals surface area contributed by atoms with Crippen molar-refractivity contribution < 1.29 is 13.2 Å². The Bertz CT molecular complexity index is 688. The van der Waals surface area contributed by atoms with Crippen molar-refractivity contribution in [1.82, 2.24) is 5.32 Å². The van der Waals surface area contributed by atoms with E-state index >= 15 is 0 Å². The molecule has 2 aliphatic rings. The Labute approximate surface area is 143 Å². The molecule has 132 valence electrons. The molecule has 0 heterocycles. The van der Waals surface area contributed by atoms with Crippen molar-refractivity contribution in [2.24, 2.45) is 17.0 Å². The van der Waals surface area contributed by atoms with Gasteiger partial charge in [0, 0.05) is 11.7 Å². The normalized spacial score (nSPS) is 27.1. The first-order valence-electron chi connectivity index (χ1n) is 8.62. The zero-order chi connectivity index (χ0) is 17.2. The van der Waals surface area contributed by atoms with E-state index in [1.54, 1.807) is 0 Å². The van der Waals surface area contributed by atoms with Crippen molar-refractivity contribution in [3.8, 4) is 0 Å². The minimum Gasteiger partial charge on any atom is -0.335 e. The molecule has 2 amide bonds. The summed E-state index contributed by atoms with van der Waals surface area (Å²) in [7, 11) is -3.71. The number of nitrogens with one attached hydrogen (secondary N) is 2. The van der Waals surface area contributed by atoms with Gasteiger partial charge in [-0.1, -0.05) is 25.7 Å². The molecule has 0 aromatic heterocycles. The van der Waals surface area contributed by atoms with Crippen LogP contribution in [0.5, 0.6) is 0 Å². The van der Waals surface area contributed by atoms with E-state index < -0.39 is 10.0 Å². The first-order valence-corrected chi connectivity index (χ1v) is 10.2. The number of sulfonamides is 1. The van der Waals surface area contributed by atoms with Crippen LogP contribution in [0, 0.1) is 11.8 Å². The third-order valence-corrected chi connectivity index (χ3v) is 6.24. The zero-order valence-corrected chi connectivity index (χ0v) is 14.5. The monoisotopic (exact) mass is 351 g/mol. The molecule has 0 aliphatic heterocycles. The molecule has 24 heavy (non-hydrogen) atoms. The summed E-state index contributed by atoms with van der Waals surface area (Å²) in [5.74, 6) is 1.61. The Morgan fingerprint density at radius 3 is 2.33 bits per heavy atom. The van der Waals surface area contributed by atoms with Crippen molar-refractivity contribution in [3.05, 3.63) is 24.3 Å². The van der Waals surface area contributed by atoms with Gasteiger partial charge in [0.05, 0.1) is 4.90 Å². The van der Waals surface area contributed by atoms with E-state index in [0.717, 1.165) is 24.7 Å². The van der Waals surface area contributed by atoms with Gasteiger partial charge in [-0.15, -0.1) is 0 Å². The number of carbonyl (C=O) groups excluding carboxylic acids is 1. The predicted molar refractivity (Wildman–Crippen MR) is 93.1 cm³/mol. The second kappa shape index (κ2) is 7.11. The first kappa shape index (κ1) is 17.2. The quantitative estimate of drug-likeness (QED) is 0.780. The number of rotatable bonds is 3. The van der Waals surface area contributed by atoms with E-state index in [1.165, 1.54) is 56.4 Å². The van der Waals surface area contributed by atoms with Crippen molar-refractivity contribution >= 4 is 21.7 Å². The van der Waals surface area contributed by atoms with E-state index in [4.69, 9.17) is 5.14 Å². The maximum atomic E-state index is 12.2. The number of urea groups is 1. The van der Waals surface area contributed by atoms with Gasteiger partial charge >= 0.3 is 6.03 Å². The summed E-state index contributed by atoms with van der Waals surface area (Å²) in [5.41, 5.74) is 0.547. The van der Waals surface area contributed by atoms with Gasteiger partial charge in [0.1, 0.15) is 0 Å². The molecular weight excluding hydrogens is 326 g/mol. The van der Waals surface area contributed by atoms with Crippen LogP contribution in [0.3, 0.4) is 0 Å². The molecule has 7 heteroatoms. The summed E-state index contributed by atoms with van der Waals surface area (Å²) in [6, 6.07) is 5.84. The number of fused-ring (bicyclic) bond motifs is 1. The van der Waals surface area contributed by atoms with Gasteiger partial charge in [0.25, 0.3) is 0 Å². The second-order valence-electron chi connectivity index (χ2n) is 6.98. The number of anilines is 1. The fourth-order valence-electron chi connectivity index (χ4n) is 4.08. The molecule has 2 saturated carbocycles. The summed E-state index contributed by atoms with van der Waals surface area (Å²) in [4.78, 5) is 12.2. The lowest BCUT2D eigenvalue weighted by Gasteiger charge is -2.39. The standard InChI is InChI=1S/C17H25N3O3S/c18-24(22,23)16-9-7-14(8-10-16)19-17(21)20-15-6-5-12-3-1-2-4-13(12)11-15/h7-10,12-13,15H,1-6,11H2,(H2,18,22,23)(H2,19,20,21)/t12-,13-,15+/m0/s1. The Kier molecular flexibility index (Phi) is 5.10. The smallest absolute Gasteiger partial charge is 0.319 e. The highest BCUT2D eigenvalue weighted by atomic mass is 32.2. The fourth-order valence-corrected chi connectivity index (χ4v) is 4.60. The molecular formula is C17H25N3O3S. The summed E-state index contributed by atoms with van der Waals surface area (Å²) < 4.78 is 22.4. The van der Waals surface area contributed by atoms with Gasteiger partial charge in [0.15, 0.2) is 0 Å². The number of hydrogen-bond donors (Lipinski definition) is 3. The van der Waals surface area contributed by atoms with Gasteiger partial charge < -0.3 is 10.6 Å². The Balaban J connectivity index is 1.52. The molecule has 0 radical (unpaired) electrons. The highest BCUT2D eigenvalue weighted by Crippen LogP contribution is 2.40. The van der Waals surface area contributed by atoms with Gasteiger partial charge in [0.2, 0.25) is 10.0 Å². The summed E-state index contributed by atoms with van der Waals surface area (Å²) >= 11 is 0. The SMILES string of the molecule is NS(=O)(=O)c1ccc(NC(=O)N[C@@H]2CC[C@@H]3CCCC[C@H]3C2)cc1. The lowest BCUT2D eigenvalue weighted by atomic mass is 9.69. The van der Waals surface area contributed by atoms with E-state index in [0.29, 0.717) is 5.69 Å². The van der Waals surface area contributed by atoms with Crippen molar-refractivity contribution in [1.29, 1.82) is 0 Å². The number of carbonyl (C=O) groups is 1. The average molecular weight is 351 g/mol. The van der Waals surface area contributed by atoms with E-state index in [-0.39, 0.29) is 17.0 Å². The van der Waals surface area contributed by atoms with E-state index in [1.807, 2.05) is 0 Å². The van der Waals surface area contributed by atoms with Crippen molar-refractivity contribution in [3.63, 3.8) is 0 Å². The van der Waals surface area contributed by atoms with Gasteiger partial charge in [-0.3, -0.25) is 0 Å². The van der Waals surface area contributed by atoms with Crippen LogP contribution < -0.4 is 15.8 Å². The Morgan fingerprint density at radius 1 is 1.00 bits per heavy atom. The maximum Gasteiger partial charge on any atom is 0.319 e. The molecule has 3 rings (SSSR count). The minimum atomic E-state index is -3.71. The first-order chi connectivity index (χ1) is 11.4. The van der Waals surface area contributed by atoms with Crippen LogP contribution in [0.1, 0.15) is 44.9 Å². The molecule has 2 aliphatic carbocycles. The van der Waals surface area contributed by atoms with Crippen molar-refractivity contribution in [2.45, 2.75) is 55.9 Å². The van der Waals surface area contributed by atoms with Crippen LogP contribution >= 0.6 is 0 Å². The summed E-state index contributed by atoms with van der Waals surface area (Å²) in [5, 5.41) is 10.9. The number of nitrogens with two attached hydrogens (primary N) is 1. The molecule has 4 N–H and O–H groups in total. The van der Waals surface area contributed by atoms with E-state index in [2.05, 4.69) is 10.6 Å². The molecule has 0 unspecified atom stereocenters. The highest BCUT2D eigenvalue weighted by molar-refractivity contribution is 7.89. The minimum absolute atomic E-state index is 0.0316. The van der Waals surface area contributed by atoms with Crippen LogP contribution in [0.2, 0.25) is 0 Å². The molecule has 0 spiro atoms. The van der Waals surface area contributed by atoms with Crippen molar-refractivity contribution in [2.75, 3.05) is 5.32 Å². The fraction of sp³-hybridized carbons (Fsp3) is 0.588. The molecule has 0 saturated heterocycles. The van der Waals surface area contributed by atoms with Crippen LogP contribution in [0.15, 0.2) is 29.2 Å². The topological polar surface area (TPSA) is 101 Å². The van der Waals surface area contributed by atoms with E-state index in [9.17, 15) is 13.2 Å². The van der Waals surface area contributed by atoms with Crippen LogP contribution in [0.4, 0.5) is 10.5 Å². The maximum absolute atomic E-state index is 12.2. The summed E-state index contributed by atoms with van der Waals surface area (Å²) in [6.07, 6.45) is 8.63. The van der Waals surface area contributed by atoms with Crippen LogP contribution in [0.25, 0.3) is 0 Å². The molecule has 2 fully saturated rings. The number of primary sulfonamides is 1. The molecule has 1 aromatic rings. The third-order valence-electron chi connectivity index (χ3n) is 5.32. The lowest BCUT2D eigenvalue weighted by molar-refractivity contribution is 0.146. The van der Waals surface area contributed by atoms with Gasteiger partial charge in [-0.05, 0) is 55.4 Å². The van der Waals surface area contributed by atoms with Gasteiger partial charge in [-0.2, -0.15) is 0 Å². The van der Waals surface area contributed by atoms with Crippen LogP contribution in [-0.2, 0) is 10.0 Å². The average Bonchev–Trinajstić information content (AvgIpc) is 2.54. The predicted octanol–water partition coefficient (Wildman–Crippen LogP) is 2.81. The molecule has 1 aromatic carbocycles. The number of hydrogen-bond acceptors (Lipinski definition) is 3. The highest BCUT2D eigenvalue weighted by Gasteiger charge is 2.32. The number of benzene rings is 1. The second-order valence-corrected chi connectivity index (χ2v) is 8.54. The Hall–Kier alpha value is -1.60. The lowest BCUT2D eigenvalue weighted by Crippen LogP contribution is -2.43. The zero-order valence-electron chi connectivity index (χ0n) is 13.7.